The van der Waals surface area contributed by atoms with Crippen LogP contribution in [0.3, 0.4) is 0 Å². The molecule has 0 spiro atoms. The minimum Gasteiger partial charge on any atom is -0.420 e. The van der Waals surface area contributed by atoms with Crippen LogP contribution < -0.4 is 15.2 Å². The molecule has 4 heterocycles. The minimum absolute atomic E-state index is 0.0199. The standard InChI is InChI=1S/C31H29ClF3N3O5S/c1-18(31(33,34)35)36-17-38(27-21-6-2-3-8-24(21)44-16-20-5-4-7-22(32)26(20)27)37-12-9-23(39)29(28(37)30(36)41)43-25(40)15-19-10-13-42-14-11-19/h2-9,12,18-19,27H,10-11,13-17H2,1H3/t18-,27-/m1/s1. The van der Waals surface area contributed by atoms with Crippen LogP contribution in [0.2, 0.25) is 5.02 Å². The first-order valence-electron chi connectivity index (χ1n) is 14.2. The van der Waals surface area contributed by atoms with Crippen LogP contribution in [0.15, 0.2) is 64.4 Å². The van der Waals surface area contributed by atoms with Crippen molar-refractivity contribution < 1.29 is 32.2 Å². The van der Waals surface area contributed by atoms with Gasteiger partial charge in [0.05, 0.1) is 0 Å². The average Bonchev–Trinajstić information content (AvgIpc) is 3.16. The third-order valence-corrected chi connectivity index (χ3v) is 9.81. The molecule has 0 bridgehead atoms. The van der Waals surface area contributed by atoms with Gasteiger partial charge < -0.3 is 14.4 Å². The predicted octanol–water partition coefficient (Wildman–Crippen LogP) is 5.92. The number of carbonyl (C=O) groups is 2. The summed E-state index contributed by atoms with van der Waals surface area (Å²) >= 11 is 8.38. The summed E-state index contributed by atoms with van der Waals surface area (Å²) in [6, 6.07) is 11.1. The summed E-state index contributed by atoms with van der Waals surface area (Å²) in [5, 5.41) is 1.98. The monoisotopic (exact) mass is 647 g/mol. The maximum Gasteiger partial charge on any atom is 0.408 e. The van der Waals surface area contributed by atoms with Crippen LogP contribution in [0.4, 0.5) is 13.2 Å². The summed E-state index contributed by atoms with van der Waals surface area (Å²) in [6.07, 6.45) is -2.20. The van der Waals surface area contributed by atoms with Crippen LogP contribution in [0.1, 0.15) is 59.4 Å². The Morgan fingerprint density at radius 3 is 2.61 bits per heavy atom. The molecule has 1 aromatic heterocycles. The highest BCUT2D eigenvalue weighted by atomic mass is 35.5. The zero-order valence-corrected chi connectivity index (χ0v) is 25.3. The van der Waals surface area contributed by atoms with Gasteiger partial charge in [0.1, 0.15) is 18.8 Å². The van der Waals surface area contributed by atoms with E-state index in [1.807, 2.05) is 36.4 Å². The van der Waals surface area contributed by atoms with Gasteiger partial charge in [0.2, 0.25) is 11.2 Å². The molecule has 44 heavy (non-hydrogen) atoms. The topological polar surface area (TPSA) is 81.1 Å². The van der Waals surface area contributed by atoms with E-state index in [4.69, 9.17) is 21.1 Å². The van der Waals surface area contributed by atoms with Crippen LogP contribution in [-0.2, 0) is 15.3 Å². The van der Waals surface area contributed by atoms with E-state index in [2.05, 4.69) is 0 Å². The lowest BCUT2D eigenvalue weighted by Gasteiger charge is -2.46. The molecule has 2 aromatic carbocycles. The number of esters is 1. The van der Waals surface area contributed by atoms with Gasteiger partial charge in [-0.05, 0) is 48.9 Å². The van der Waals surface area contributed by atoms with Gasteiger partial charge in [0, 0.05) is 53.1 Å². The minimum atomic E-state index is -4.77. The molecule has 0 unspecified atom stereocenters. The molecule has 3 aromatic rings. The summed E-state index contributed by atoms with van der Waals surface area (Å²) in [5.41, 5.74) is 1.07. The van der Waals surface area contributed by atoms with Gasteiger partial charge in [-0.15, -0.1) is 11.8 Å². The maximum absolute atomic E-state index is 14.2. The number of fused-ring (bicyclic) bond motifs is 3. The van der Waals surface area contributed by atoms with Gasteiger partial charge >= 0.3 is 12.1 Å². The Morgan fingerprint density at radius 2 is 1.86 bits per heavy atom. The Kier molecular flexibility index (Phi) is 8.42. The lowest BCUT2D eigenvalue weighted by molar-refractivity contribution is -0.173. The van der Waals surface area contributed by atoms with Crippen molar-refractivity contribution in [3.63, 3.8) is 0 Å². The number of benzene rings is 2. The third-order valence-electron chi connectivity index (χ3n) is 8.34. The molecule has 8 nitrogen and oxygen atoms in total. The number of ether oxygens (including phenoxy) is 2. The summed E-state index contributed by atoms with van der Waals surface area (Å²) in [6.45, 7) is 1.38. The zero-order chi connectivity index (χ0) is 31.2. The van der Waals surface area contributed by atoms with Crippen molar-refractivity contribution in [2.45, 2.75) is 55.1 Å². The largest absolute Gasteiger partial charge is 0.420 e. The van der Waals surface area contributed by atoms with Gasteiger partial charge in [0.15, 0.2) is 5.69 Å². The fraction of sp³-hybridized carbons (Fsp3) is 0.387. The molecule has 13 heteroatoms. The molecular weight excluding hydrogens is 619 g/mol. The Balaban J connectivity index is 1.52. The first-order chi connectivity index (χ1) is 21.0. The molecule has 1 saturated heterocycles. The molecule has 6 rings (SSSR count). The summed E-state index contributed by atoms with van der Waals surface area (Å²) < 4.78 is 54.9. The maximum atomic E-state index is 14.2. The van der Waals surface area contributed by atoms with E-state index < -0.39 is 53.7 Å². The number of hydrogen-bond acceptors (Lipinski definition) is 7. The first-order valence-corrected chi connectivity index (χ1v) is 15.6. The lowest BCUT2D eigenvalue weighted by atomic mass is 9.94. The molecule has 0 N–H and O–H groups in total. The summed E-state index contributed by atoms with van der Waals surface area (Å²) in [7, 11) is 0. The van der Waals surface area contributed by atoms with Crippen molar-refractivity contribution >= 4 is 35.2 Å². The molecule has 1 fully saturated rings. The summed E-state index contributed by atoms with van der Waals surface area (Å²) in [5.74, 6) is -1.90. The molecule has 0 saturated carbocycles. The second kappa shape index (κ2) is 12.1. The number of halogens is 4. The lowest BCUT2D eigenvalue weighted by Crippen LogP contribution is -2.60. The Labute approximate surface area is 260 Å². The number of rotatable bonds is 5. The smallest absolute Gasteiger partial charge is 0.408 e. The highest BCUT2D eigenvalue weighted by molar-refractivity contribution is 7.98. The fourth-order valence-corrected chi connectivity index (χ4v) is 7.32. The average molecular weight is 648 g/mol. The van der Waals surface area contributed by atoms with Crippen molar-refractivity contribution in [3.8, 4) is 5.75 Å². The van der Waals surface area contributed by atoms with Gasteiger partial charge in [-0.1, -0.05) is 41.9 Å². The summed E-state index contributed by atoms with van der Waals surface area (Å²) in [4.78, 5) is 41.7. The van der Waals surface area contributed by atoms with Crippen LogP contribution in [0, 0.1) is 5.92 Å². The predicted molar refractivity (Wildman–Crippen MR) is 159 cm³/mol. The van der Waals surface area contributed by atoms with E-state index in [0.717, 1.165) is 29.0 Å². The first kappa shape index (κ1) is 30.5. The van der Waals surface area contributed by atoms with E-state index in [1.165, 1.54) is 10.9 Å². The normalized spacial score (nSPS) is 19.5. The molecule has 3 aliphatic heterocycles. The van der Waals surface area contributed by atoms with E-state index in [-0.39, 0.29) is 12.3 Å². The second-order valence-corrected chi connectivity index (χ2v) is 12.5. The van der Waals surface area contributed by atoms with Crippen molar-refractivity contribution in [2.24, 2.45) is 5.92 Å². The van der Waals surface area contributed by atoms with Gasteiger partial charge in [-0.25, -0.2) is 0 Å². The van der Waals surface area contributed by atoms with E-state index in [0.29, 0.717) is 47.3 Å². The van der Waals surface area contributed by atoms with Crippen LogP contribution >= 0.6 is 23.4 Å². The number of hydrogen-bond donors (Lipinski definition) is 0. The van der Waals surface area contributed by atoms with E-state index in [9.17, 15) is 27.6 Å². The molecule has 3 aliphatic rings. The number of alkyl halides is 3. The number of pyridine rings is 1. The molecule has 0 radical (unpaired) electrons. The van der Waals surface area contributed by atoms with Gasteiger partial charge in [0.25, 0.3) is 5.91 Å². The molecule has 2 atom stereocenters. The zero-order valence-electron chi connectivity index (χ0n) is 23.7. The quantitative estimate of drug-likeness (QED) is 0.318. The van der Waals surface area contributed by atoms with Gasteiger partial charge in [-0.2, -0.15) is 13.2 Å². The molecule has 232 valence electrons. The third kappa shape index (κ3) is 5.70. The van der Waals surface area contributed by atoms with E-state index in [1.54, 1.807) is 22.8 Å². The van der Waals surface area contributed by atoms with Crippen molar-refractivity contribution in [1.82, 2.24) is 9.58 Å². The van der Waals surface area contributed by atoms with Crippen LogP contribution in [0.25, 0.3) is 0 Å². The highest BCUT2D eigenvalue weighted by Gasteiger charge is 2.48. The Bertz CT molecular complexity index is 1660. The Hall–Kier alpha value is -3.48. The SMILES string of the molecule is C[C@@H](N1CN([C@@H]2c3ccccc3SCc3cccc(Cl)c32)n2ccc(=O)c(OC(=O)CC3CCOCC3)c2C1=O)C(F)(F)F. The second-order valence-electron chi connectivity index (χ2n) is 11.1. The number of carbonyl (C=O) groups excluding carboxylic acids is 2. The van der Waals surface area contributed by atoms with Crippen LogP contribution in [-0.4, -0.2) is 53.6 Å². The number of nitrogens with zero attached hydrogens (tertiary/aromatic N) is 3. The number of thioether (sulfide) groups is 1. The molecule has 0 aliphatic carbocycles. The van der Waals surface area contributed by atoms with Crippen molar-refractivity contribution in [2.75, 3.05) is 24.9 Å². The number of amides is 1. The Morgan fingerprint density at radius 1 is 1.11 bits per heavy atom. The number of aromatic nitrogens is 1. The van der Waals surface area contributed by atoms with E-state index >= 15 is 0 Å². The molecule has 1 amide bonds. The highest BCUT2D eigenvalue weighted by Crippen LogP contribution is 2.45. The molecular formula is C31H29ClF3N3O5S. The van der Waals surface area contributed by atoms with Crippen molar-refractivity contribution in [3.05, 3.63) is 92.4 Å². The fourth-order valence-electron chi connectivity index (χ4n) is 5.94. The van der Waals surface area contributed by atoms with Crippen molar-refractivity contribution in [1.29, 1.82) is 0 Å². The van der Waals surface area contributed by atoms with Gasteiger partial charge in [-0.3, -0.25) is 24.1 Å². The van der Waals surface area contributed by atoms with Crippen LogP contribution in [0.5, 0.6) is 5.75 Å².